The van der Waals surface area contributed by atoms with Crippen LogP contribution < -0.4 is 14.2 Å². The van der Waals surface area contributed by atoms with E-state index in [0.29, 0.717) is 5.75 Å². The minimum absolute atomic E-state index is 0.167. The van der Waals surface area contributed by atoms with E-state index in [0.717, 1.165) is 6.07 Å². The molecule has 7 heteroatoms. The van der Waals surface area contributed by atoms with Gasteiger partial charge in [-0.25, -0.2) is 4.79 Å². The maximum atomic E-state index is 11.9. The topological polar surface area (TPSA) is 44.8 Å². The Hall–Kier alpha value is -1.92. The second-order valence-corrected chi connectivity index (χ2v) is 2.90. The van der Waals surface area contributed by atoms with Gasteiger partial charge in [0.2, 0.25) is 0 Å². The molecule has 4 nitrogen and oxygen atoms in total. The predicted octanol–water partition coefficient (Wildman–Crippen LogP) is 2.17. The lowest BCUT2D eigenvalue weighted by molar-refractivity contribution is -0.189. The molecule has 0 saturated heterocycles. The lowest BCUT2D eigenvalue weighted by atomic mass is 10.3. The van der Waals surface area contributed by atoms with Crippen molar-refractivity contribution in [3.05, 3.63) is 18.2 Å². The molecule has 0 fully saturated rings. The summed E-state index contributed by atoms with van der Waals surface area (Å²) in [4.78, 5) is 10.6. The zero-order chi connectivity index (χ0) is 13.1. The number of hydrogen-bond acceptors (Lipinski definition) is 4. The Morgan fingerprint density at radius 2 is 1.71 bits per heavy atom. The van der Waals surface area contributed by atoms with Crippen molar-refractivity contribution in [3.63, 3.8) is 0 Å². The summed E-state index contributed by atoms with van der Waals surface area (Å²) in [5.41, 5.74) is 0. The number of alkyl halides is 3. The zero-order valence-corrected chi connectivity index (χ0v) is 9.00. The van der Waals surface area contributed by atoms with E-state index >= 15 is 0 Å². The van der Waals surface area contributed by atoms with E-state index in [1.165, 1.54) is 26.4 Å². The van der Waals surface area contributed by atoms with Gasteiger partial charge in [-0.2, -0.15) is 13.2 Å². The van der Waals surface area contributed by atoms with E-state index in [1.807, 2.05) is 0 Å². The minimum atomic E-state index is -5.03. The van der Waals surface area contributed by atoms with Gasteiger partial charge < -0.3 is 14.2 Å². The van der Waals surface area contributed by atoms with Crippen LogP contribution in [0.5, 0.6) is 17.2 Å². The molecule has 0 aliphatic heterocycles. The van der Waals surface area contributed by atoms with Crippen LogP contribution in [0.2, 0.25) is 0 Å². The van der Waals surface area contributed by atoms with Crippen LogP contribution in [0.1, 0.15) is 0 Å². The average Bonchev–Trinajstić information content (AvgIpc) is 2.27. The maximum absolute atomic E-state index is 11.9. The second-order valence-electron chi connectivity index (χ2n) is 2.90. The van der Waals surface area contributed by atoms with E-state index in [1.54, 1.807) is 0 Å². The van der Waals surface area contributed by atoms with Crippen LogP contribution in [0, 0.1) is 0 Å². The number of esters is 1. The highest BCUT2D eigenvalue weighted by atomic mass is 19.4. The number of carbonyl (C=O) groups is 1. The van der Waals surface area contributed by atoms with E-state index < -0.39 is 12.1 Å². The number of hydrogen-bond donors (Lipinski definition) is 0. The molecule has 1 aromatic rings. The summed E-state index contributed by atoms with van der Waals surface area (Å²) in [5, 5.41) is 0. The molecule has 0 atom stereocenters. The highest BCUT2D eigenvalue weighted by Crippen LogP contribution is 2.31. The zero-order valence-electron chi connectivity index (χ0n) is 9.00. The molecule has 94 valence electrons. The van der Waals surface area contributed by atoms with Gasteiger partial charge in [-0.05, 0) is 12.1 Å². The molecule has 17 heavy (non-hydrogen) atoms. The van der Waals surface area contributed by atoms with E-state index in [4.69, 9.17) is 9.47 Å². The van der Waals surface area contributed by atoms with Gasteiger partial charge in [-0.1, -0.05) is 0 Å². The van der Waals surface area contributed by atoms with Crippen LogP contribution >= 0.6 is 0 Å². The molecule has 0 bridgehead atoms. The quantitative estimate of drug-likeness (QED) is 0.609. The minimum Gasteiger partial charge on any atom is -0.493 e. The number of halogens is 3. The first-order chi connectivity index (χ1) is 7.88. The van der Waals surface area contributed by atoms with E-state index in [2.05, 4.69) is 4.74 Å². The Bertz CT molecular complexity index is 415. The van der Waals surface area contributed by atoms with Crippen LogP contribution in [-0.4, -0.2) is 26.4 Å². The predicted molar refractivity (Wildman–Crippen MR) is 51.2 cm³/mol. The van der Waals surface area contributed by atoms with Gasteiger partial charge in [-0.15, -0.1) is 0 Å². The highest BCUT2D eigenvalue weighted by molar-refractivity contribution is 5.78. The maximum Gasteiger partial charge on any atom is 0.491 e. The Kier molecular flexibility index (Phi) is 3.82. The van der Waals surface area contributed by atoms with Gasteiger partial charge in [0.05, 0.1) is 14.2 Å². The Morgan fingerprint density at radius 1 is 1.12 bits per heavy atom. The Labute approximate surface area is 94.9 Å². The van der Waals surface area contributed by atoms with Crippen molar-refractivity contribution >= 4 is 5.97 Å². The molecule has 0 heterocycles. The molecule has 0 N–H and O–H groups in total. The first-order valence-corrected chi connectivity index (χ1v) is 4.39. The van der Waals surface area contributed by atoms with E-state index in [-0.39, 0.29) is 11.5 Å². The van der Waals surface area contributed by atoms with Crippen molar-refractivity contribution in [2.75, 3.05) is 14.2 Å². The standard InChI is InChI=1S/C10H9F3O4/c1-15-7-4-3-6(5-8(7)16-2)17-9(14)10(11,12)13/h3-5H,1-2H3. The molecule has 0 aromatic heterocycles. The van der Waals surface area contributed by atoms with Crippen LogP contribution in [0.3, 0.4) is 0 Å². The van der Waals surface area contributed by atoms with Crippen molar-refractivity contribution in [1.82, 2.24) is 0 Å². The van der Waals surface area contributed by atoms with Crippen LogP contribution in [0.25, 0.3) is 0 Å². The van der Waals surface area contributed by atoms with Gasteiger partial charge in [0.1, 0.15) is 5.75 Å². The lowest BCUT2D eigenvalue weighted by Crippen LogP contribution is -2.27. The van der Waals surface area contributed by atoms with Crippen molar-refractivity contribution in [2.45, 2.75) is 6.18 Å². The van der Waals surface area contributed by atoms with Crippen LogP contribution in [0.4, 0.5) is 13.2 Å². The molecule has 0 aliphatic rings. The van der Waals surface area contributed by atoms with Gasteiger partial charge in [0.15, 0.2) is 11.5 Å². The summed E-state index contributed by atoms with van der Waals surface area (Å²) in [6.07, 6.45) is -5.03. The van der Waals surface area contributed by atoms with Gasteiger partial charge in [-0.3, -0.25) is 0 Å². The molecule has 0 saturated carbocycles. The SMILES string of the molecule is COc1ccc(OC(=O)C(F)(F)F)cc1OC. The van der Waals surface area contributed by atoms with Gasteiger partial charge in [0.25, 0.3) is 0 Å². The van der Waals surface area contributed by atoms with Crippen molar-refractivity contribution in [3.8, 4) is 17.2 Å². The number of benzene rings is 1. The van der Waals surface area contributed by atoms with Crippen molar-refractivity contribution in [2.24, 2.45) is 0 Å². The summed E-state index contributed by atoms with van der Waals surface area (Å²) in [6, 6.07) is 3.63. The van der Waals surface area contributed by atoms with Gasteiger partial charge >= 0.3 is 12.1 Å². The first kappa shape index (κ1) is 13.1. The number of rotatable bonds is 3. The molecule has 1 rings (SSSR count). The summed E-state index contributed by atoms with van der Waals surface area (Å²) in [6.45, 7) is 0. The fraction of sp³-hybridized carbons (Fsp3) is 0.300. The number of methoxy groups -OCH3 is 2. The van der Waals surface area contributed by atoms with Crippen LogP contribution in [0.15, 0.2) is 18.2 Å². The molecule has 1 aromatic carbocycles. The third kappa shape index (κ3) is 3.27. The monoisotopic (exact) mass is 250 g/mol. The largest absolute Gasteiger partial charge is 0.493 e. The summed E-state index contributed by atoms with van der Waals surface area (Å²) in [7, 11) is 2.69. The second kappa shape index (κ2) is 4.94. The lowest BCUT2D eigenvalue weighted by Gasteiger charge is -2.10. The molecule has 0 spiro atoms. The third-order valence-corrected chi connectivity index (χ3v) is 1.80. The first-order valence-electron chi connectivity index (χ1n) is 4.39. The fourth-order valence-electron chi connectivity index (χ4n) is 1.04. The summed E-state index contributed by atoms with van der Waals surface area (Å²) < 4.78 is 49.6. The normalized spacial score (nSPS) is 10.9. The smallest absolute Gasteiger partial charge is 0.491 e. The Morgan fingerprint density at radius 3 is 2.18 bits per heavy atom. The number of carbonyl (C=O) groups excluding carboxylic acids is 1. The van der Waals surface area contributed by atoms with Gasteiger partial charge in [0, 0.05) is 6.07 Å². The molecular weight excluding hydrogens is 241 g/mol. The average molecular weight is 250 g/mol. The molecule has 0 aliphatic carbocycles. The molecule has 0 amide bonds. The Balaban J connectivity index is 2.90. The molecular formula is C10H9F3O4. The van der Waals surface area contributed by atoms with Crippen molar-refractivity contribution in [1.29, 1.82) is 0 Å². The number of ether oxygens (including phenoxy) is 3. The van der Waals surface area contributed by atoms with Crippen molar-refractivity contribution < 1.29 is 32.2 Å². The van der Waals surface area contributed by atoms with E-state index in [9.17, 15) is 18.0 Å². The fourth-order valence-corrected chi connectivity index (χ4v) is 1.04. The third-order valence-electron chi connectivity index (χ3n) is 1.80. The summed E-state index contributed by atoms with van der Waals surface area (Å²) >= 11 is 0. The van der Waals surface area contributed by atoms with Crippen LogP contribution in [-0.2, 0) is 4.79 Å². The molecule has 0 radical (unpaired) electrons. The molecule has 0 unspecified atom stereocenters. The highest BCUT2D eigenvalue weighted by Gasteiger charge is 2.41. The summed E-state index contributed by atoms with van der Waals surface area (Å²) in [5.74, 6) is -2.08.